The topological polar surface area (TPSA) is 0 Å². The van der Waals surface area contributed by atoms with Crippen molar-refractivity contribution in [3.63, 3.8) is 0 Å². The first-order valence-electron chi connectivity index (χ1n) is 6.68. The van der Waals surface area contributed by atoms with Gasteiger partial charge < -0.3 is 0 Å². The second kappa shape index (κ2) is 7.33. The van der Waals surface area contributed by atoms with Crippen molar-refractivity contribution >= 4 is 23.4 Å². The molecule has 0 radical (unpaired) electrons. The molecule has 0 heterocycles. The molecule has 2 atom stereocenters. The minimum absolute atomic E-state index is 0.425. The SMILES string of the molecule is ClC1CCCCCC1CCSc1ccccc1. The molecule has 0 aromatic heterocycles. The number of hydrogen-bond donors (Lipinski definition) is 0. The van der Waals surface area contributed by atoms with Gasteiger partial charge in [-0.25, -0.2) is 0 Å². The zero-order valence-corrected chi connectivity index (χ0v) is 11.8. The van der Waals surface area contributed by atoms with E-state index in [-0.39, 0.29) is 0 Å². The van der Waals surface area contributed by atoms with E-state index in [9.17, 15) is 0 Å². The summed E-state index contributed by atoms with van der Waals surface area (Å²) in [5.41, 5.74) is 0. The van der Waals surface area contributed by atoms with Gasteiger partial charge >= 0.3 is 0 Å². The number of rotatable bonds is 4. The molecule has 0 amide bonds. The number of alkyl halides is 1. The minimum Gasteiger partial charge on any atom is -0.126 e. The molecule has 0 nitrogen and oxygen atoms in total. The molecule has 2 rings (SSSR count). The molecule has 2 heteroatoms. The highest BCUT2D eigenvalue weighted by molar-refractivity contribution is 7.99. The monoisotopic (exact) mass is 268 g/mol. The van der Waals surface area contributed by atoms with E-state index < -0.39 is 0 Å². The summed E-state index contributed by atoms with van der Waals surface area (Å²) in [6.45, 7) is 0. The Labute approximate surface area is 114 Å². The van der Waals surface area contributed by atoms with Gasteiger partial charge in [0, 0.05) is 10.3 Å². The highest BCUT2D eigenvalue weighted by Gasteiger charge is 2.21. The first-order chi connectivity index (χ1) is 8.36. The van der Waals surface area contributed by atoms with Gasteiger partial charge in [-0.05, 0) is 43.1 Å². The summed E-state index contributed by atoms with van der Waals surface area (Å²) < 4.78 is 0. The third-order valence-electron chi connectivity index (χ3n) is 3.57. The molecule has 1 aromatic carbocycles. The molecule has 17 heavy (non-hydrogen) atoms. The van der Waals surface area contributed by atoms with Gasteiger partial charge in [-0.2, -0.15) is 0 Å². The van der Waals surface area contributed by atoms with Crippen molar-refractivity contribution in [1.82, 2.24) is 0 Å². The van der Waals surface area contributed by atoms with E-state index in [1.807, 2.05) is 11.8 Å². The lowest BCUT2D eigenvalue weighted by atomic mass is 9.97. The third kappa shape index (κ3) is 4.56. The Morgan fingerprint density at radius 1 is 1.06 bits per heavy atom. The van der Waals surface area contributed by atoms with Gasteiger partial charge in [0.05, 0.1) is 0 Å². The van der Waals surface area contributed by atoms with Crippen LogP contribution in [0.2, 0.25) is 0 Å². The Balaban J connectivity index is 1.73. The van der Waals surface area contributed by atoms with Crippen molar-refractivity contribution in [1.29, 1.82) is 0 Å². The molecule has 1 fully saturated rings. The molecule has 0 bridgehead atoms. The summed E-state index contributed by atoms with van der Waals surface area (Å²) in [4.78, 5) is 1.38. The fraction of sp³-hybridized carbons (Fsp3) is 0.600. The lowest BCUT2D eigenvalue weighted by Crippen LogP contribution is -2.13. The molecule has 1 aliphatic rings. The van der Waals surface area contributed by atoms with Gasteiger partial charge in [-0.3, -0.25) is 0 Å². The molecular weight excluding hydrogens is 248 g/mol. The Morgan fingerprint density at radius 2 is 1.82 bits per heavy atom. The zero-order valence-electron chi connectivity index (χ0n) is 10.3. The Kier molecular flexibility index (Phi) is 5.73. The molecule has 1 aromatic rings. The summed E-state index contributed by atoms with van der Waals surface area (Å²) >= 11 is 8.42. The first kappa shape index (κ1) is 13.3. The quantitative estimate of drug-likeness (QED) is 0.403. The summed E-state index contributed by atoms with van der Waals surface area (Å²) in [5, 5.41) is 0.425. The Bertz CT molecular complexity index is 312. The van der Waals surface area contributed by atoms with Crippen LogP contribution in [-0.2, 0) is 0 Å². The van der Waals surface area contributed by atoms with E-state index in [1.54, 1.807) is 0 Å². The molecule has 2 unspecified atom stereocenters. The van der Waals surface area contributed by atoms with E-state index in [0.29, 0.717) is 5.38 Å². The molecule has 94 valence electrons. The van der Waals surface area contributed by atoms with Crippen LogP contribution in [0.5, 0.6) is 0 Å². The molecule has 0 N–H and O–H groups in total. The second-order valence-electron chi connectivity index (χ2n) is 4.86. The second-order valence-corrected chi connectivity index (χ2v) is 6.59. The van der Waals surface area contributed by atoms with Crippen LogP contribution in [0, 0.1) is 5.92 Å². The lowest BCUT2D eigenvalue weighted by molar-refractivity contribution is 0.457. The predicted molar refractivity (Wildman–Crippen MR) is 78.0 cm³/mol. The van der Waals surface area contributed by atoms with E-state index in [4.69, 9.17) is 11.6 Å². The smallest absolute Gasteiger partial charge is 0.0364 e. The fourth-order valence-electron chi connectivity index (χ4n) is 2.51. The van der Waals surface area contributed by atoms with Gasteiger partial charge in [-0.15, -0.1) is 23.4 Å². The average molecular weight is 269 g/mol. The summed E-state index contributed by atoms with van der Waals surface area (Å²) in [7, 11) is 0. The van der Waals surface area contributed by atoms with Crippen molar-refractivity contribution in [2.24, 2.45) is 5.92 Å². The largest absolute Gasteiger partial charge is 0.126 e. The van der Waals surface area contributed by atoms with Crippen LogP contribution >= 0.6 is 23.4 Å². The third-order valence-corrected chi connectivity index (χ3v) is 5.19. The van der Waals surface area contributed by atoms with E-state index in [2.05, 4.69) is 30.3 Å². The van der Waals surface area contributed by atoms with Gasteiger partial charge in [0.25, 0.3) is 0 Å². The molecular formula is C15H21ClS. The van der Waals surface area contributed by atoms with Crippen molar-refractivity contribution in [2.45, 2.75) is 48.8 Å². The number of hydrogen-bond acceptors (Lipinski definition) is 1. The van der Waals surface area contributed by atoms with Gasteiger partial charge in [0.15, 0.2) is 0 Å². The molecule has 1 saturated carbocycles. The minimum atomic E-state index is 0.425. The number of benzene rings is 1. The van der Waals surface area contributed by atoms with Crippen LogP contribution in [0.4, 0.5) is 0 Å². The average Bonchev–Trinajstić information content (AvgIpc) is 2.56. The molecule has 0 aliphatic heterocycles. The van der Waals surface area contributed by atoms with E-state index >= 15 is 0 Å². The lowest BCUT2D eigenvalue weighted by Gasteiger charge is -2.19. The highest BCUT2D eigenvalue weighted by Crippen LogP contribution is 2.31. The fourth-order valence-corrected chi connectivity index (χ4v) is 3.92. The molecule has 0 saturated heterocycles. The Hall–Kier alpha value is -0.140. The standard InChI is InChI=1S/C15H21ClS/c16-15-10-6-1-3-7-13(15)11-12-17-14-8-4-2-5-9-14/h2,4-5,8-9,13,15H,1,3,6-7,10-12H2. The van der Waals surface area contributed by atoms with Crippen LogP contribution in [0.1, 0.15) is 38.5 Å². The summed E-state index contributed by atoms with van der Waals surface area (Å²) in [6.07, 6.45) is 7.92. The van der Waals surface area contributed by atoms with Crippen molar-refractivity contribution < 1.29 is 0 Å². The van der Waals surface area contributed by atoms with Crippen LogP contribution in [0.25, 0.3) is 0 Å². The summed E-state index contributed by atoms with van der Waals surface area (Å²) in [5.74, 6) is 1.95. The number of thioether (sulfide) groups is 1. The van der Waals surface area contributed by atoms with E-state index in [0.717, 1.165) is 5.92 Å². The predicted octanol–water partition coefficient (Wildman–Crippen LogP) is 5.36. The van der Waals surface area contributed by atoms with Crippen LogP contribution < -0.4 is 0 Å². The van der Waals surface area contributed by atoms with Crippen molar-refractivity contribution in [3.8, 4) is 0 Å². The van der Waals surface area contributed by atoms with Crippen LogP contribution in [0.3, 0.4) is 0 Å². The zero-order chi connectivity index (χ0) is 11.9. The summed E-state index contributed by atoms with van der Waals surface area (Å²) in [6, 6.07) is 10.7. The van der Waals surface area contributed by atoms with Gasteiger partial charge in [0.1, 0.15) is 0 Å². The molecule has 1 aliphatic carbocycles. The first-order valence-corrected chi connectivity index (χ1v) is 8.10. The maximum Gasteiger partial charge on any atom is 0.0364 e. The molecule has 0 spiro atoms. The Morgan fingerprint density at radius 3 is 2.65 bits per heavy atom. The maximum absolute atomic E-state index is 6.46. The van der Waals surface area contributed by atoms with E-state index in [1.165, 1.54) is 49.2 Å². The van der Waals surface area contributed by atoms with Gasteiger partial charge in [-0.1, -0.05) is 37.5 Å². The van der Waals surface area contributed by atoms with Gasteiger partial charge in [0.2, 0.25) is 0 Å². The van der Waals surface area contributed by atoms with Crippen LogP contribution in [-0.4, -0.2) is 11.1 Å². The normalized spacial score (nSPS) is 25.5. The van der Waals surface area contributed by atoms with Crippen LogP contribution in [0.15, 0.2) is 35.2 Å². The van der Waals surface area contributed by atoms with Crippen molar-refractivity contribution in [2.75, 3.05) is 5.75 Å². The van der Waals surface area contributed by atoms with Crippen molar-refractivity contribution in [3.05, 3.63) is 30.3 Å². The highest BCUT2D eigenvalue weighted by atomic mass is 35.5. The number of halogens is 1. The maximum atomic E-state index is 6.46.